The highest BCUT2D eigenvalue weighted by molar-refractivity contribution is 6.05. The number of carbonyl (C=O) groups is 1. The number of fused-ring (bicyclic) bond motifs is 1. The first-order valence-corrected chi connectivity index (χ1v) is 8.04. The summed E-state index contributed by atoms with van der Waals surface area (Å²) in [5.74, 6) is 0.175. The predicted octanol–water partition coefficient (Wildman–Crippen LogP) is 5.36. The SMILES string of the molecule is CCCCCCCCC(=O)c1cc2ccccc2cc1N. The van der Waals surface area contributed by atoms with E-state index in [9.17, 15) is 4.79 Å². The van der Waals surface area contributed by atoms with E-state index in [-0.39, 0.29) is 5.78 Å². The van der Waals surface area contributed by atoms with Crippen LogP contribution in [0.4, 0.5) is 5.69 Å². The fourth-order valence-electron chi connectivity index (χ4n) is 2.70. The largest absolute Gasteiger partial charge is 0.398 e. The summed E-state index contributed by atoms with van der Waals surface area (Å²) in [5, 5.41) is 2.17. The van der Waals surface area contributed by atoms with Crippen LogP contribution in [0, 0.1) is 0 Å². The van der Waals surface area contributed by atoms with Crippen molar-refractivity contribution in [1.82, 2.24) is 0 Å². The van der Waals surface area contributed by atoms with E-state index < -0.39 is 0 Å². The van der Waals surface area contributed by atoms with Crippen molar-refractivity contribution < 1.29 is 4.79 Å². The maximum absolute atomic E-state index is 12.3. The van der Waals surface area contributed by atoms with Crippen molar-refractivity contribution in [1.29, 1.82) is 0 Å². The van der Waals surface area contributed by atoms with Crippen molar-refractivity contribution in [3.05, 3.63) is 42.0 Å². The molecule has 0 fully saturated rings. The van der Waals surface area contributed by atoms with Crippen LogP contribution in [0.15, 0.2) is 36.4 Å². The number of hydrogen-bond acceptors (Lipinski definition) is 2. The molecule has 0 aliphatic heterocycles. The van der Waals surface area contributed by atoms with E-state index in [1.807, 2.05) is 36.4 Å². The van der Waals surface area contributed by atoms with Crippen LogP contribution in [-0.4, -0.2) is 5.78 Å². The zero-order valence-corrected chi connectivity index (χ0v) is 12.9. The molecule has 2 aromatic carbocycles. The lowest BCUT2D eigenvalue weighted by Gasteiger charge is -2.07. The molecule has 0 amide bonds. The van der Waals surface area contributed by atoms with Crippen LogP contribution in [0.2, 0.25) is 0 Å². The summed E-state index contributed by atoms with van der Waals surface area (Å²) in [7, 11) is 0. The van der Waals surface area contributed by atoms with E-state index in [2.05, 4.69) is 6.92 Å². The van der Waals surface area contributed by atoms with Gasteiger partial charge in [0.1, 0.15) is 0 Å². The van der Waals surface area contributed by atoms with Crippen LogP contribution >= 0.6 is 0 Å². The molecular weight excluding hydrogens is 258 g/mol. The summed E-state index contributed by atoms with van der Waals surface area (Å²) >= 11 is 0. The number of ketones is 1. The van der Waals surface area contributed by atoms with Gasteiger partial charge in [-0.2, -0.15) is 0 Å². The summed E-state index contributed by atoms with van der Waals surface area (Å²) in [6.07, 6.45) is 7.78. The Bertz CT molecular complexity index is 604. The van der Waals surface area contributed by atoms with Gasteiger partial charge in [0, 0.05) is 17.7 Å². The molecule has 0 atom stereocenters. The first-order valence-electron chi connectivity index (χ1n) is 8.04. The highest BCUT2D eigenvalue weighted by Crippen LogP contribution is 2.23. The van der Waals surface area contributed by atoms with E-state index in [1.165, 1.54) is 25.7 Å². The molecule has 0 bridgehead atoms. The second-order valence-electron chi connectivity index (χ2n) is 5.73. The van der Waals surface area contributed by atoms with E-state index >= 15 is 0 Å². The van der Waals surface area contributed by atoms with Crippen molar-refractivity contribution in [2.75, 3.05) is 5.73 Å². The van der Waals surface area contributed by atoms with Crippen molar-refractivity contribution in [2.45, 2.75) is 51.9 Å². The Morgan fingerprint density at radius 1 is 0.952 bits per heavy atom. The van der Waals surface area contributed by atoms with Crippen molar-refractivity contribution in [2.24, 2.45) is 0 Å². The Kier molecular flexibility index (Phi) is 5.79. The zero-order chi connectivity index (χ0) is 15.1. The van der Waals surface area contributed by atoms with Gasteiger partial charge in [-0.15, -0.1) is 0 Å². The maximum atomic E-state index is 12.3. The topological polar surface area (TPSA) is 43.1 Å². The Balaban J connectivity index is 1.94. The lowest BCUT2D eigenvalue weighted by atomic mass is 9.99. The number of Topliss-reactive ketones (excluding diaryl/α,β-unsaturated/α-hetero) is 1. The zero-order valence-electron chi connectivity index (χ0n) is 12.9. The van der Waals surface area contributed by atoms with Gasteiger partial charge in [-0.1, -0.05) is 63.3 Å². The van der Waals surface area contributed by atoms with Gasteiger partial charge in [-0.25, -0.2) is 0 Å². The molecule has 0 spiro atoms. The molecule has 2 nitrogen and oxygen atoms in total. The van der Waals surface area contributed by atoms with Gasteiger partial charge in [0.05, 0.1) is 0 Å². The van der Waals surface area contributed by atoms with E-state index in [0.29, 0.717) is 17.7 Å². The lowest BCUT2D eigenvalue weighted by Crippen LogP contribution is -2.04. The monoisotopic (exact) mass is 283 g/mol. The van der Waals surface area contributed by atoms with Crippen LogP contribution in [0.25, 0.3) is 10.8 Å². The smallest absolute Gasteiger partial charge is 0.164 e. The summed E-state index contributed by atoms with van der Waals surface area (Å²) in [4.78, 5) is 12.3. The number of benzene rings is 2. The van der Waals surface area contributed by atoms with Crippen LogP contribution in [0.1, 0.15) is 62.2 Å². The summed E-state index contributed by atoms with van der Waals surface area (Å²) < 4.78 is 0. The van der Waals surface area contributed by atoms with E-state index in [1.54, 1.807) is 0 Å². The van der Waals surface area contributed by atoms with E-state index in [4.69, 9.17) is 5.73 Å². The number of rotatable bonds is 8. The average Bonchev–Trinajstić information content (AvgIpc) is 2.49. The highest BCUT2D eigenvalue weighted by atomic mass is 16.1. The highest BCUT2D eigenvalue weighted by Gasteiger charge is 2.10. The normalized spacial score (nSPS) is 10.9. The van der Waals surface area contributed by atoms with Gasteiger partial charge in [0.15, 0.2) is 5.78 Å². The molecule has 0 saturated heterocycles. The van der Waals surface area contributed by atoms with Crippen LogP contribution in [0.5, 0.6) is 0 Å². The van der Waals surface area contributed by atoms with Gasteiger partial charge in [0.25, 0.3) is 0 Å². The summed E-state index contributed by atoms with van der Waals surface area (Å²) in [5.41, 5.74) is 7.32. The first kappa shape index (κ1) is 15.6. The quantitative estimate of drug-likeness (QED) is 0.403. The molecule has 0 aliphatic rings. The summed E-state index contributed by atoms with van der Waals surface area (Å²) in [6, 6.07) is 11.9. The van der Waals surface area contributed by atoms with Gasteiger partial charge in [-0.05, 0) is 29.3 Å². The summed E-state index contributed by atoms with van der Waals surface area (Å²) in [6.45, 7) is 2.21. The van der Waals surface area contributed by atoms with Gasteiger partial charge >= 0.3 is 0 Å². The van der Waals surface area contributed by atoms with Gasteiger partial charge in [0.2, 0.25) is 0 Å². The fourth-order valence-corrected chi connectivity index (χ4v) is 2.70. The number of unbranched alkanes of at least 4 members (excludes halogenated alkanes) is 5. The molecule has 0 aromatic heterocycles. The van der Waals surface area contributed by atoms with Crippen LogP contribution in [-0.2, 0) is 0 Å². The van der Waals surface area contributed by atoms with Crippen molar-refractivity contribution in [3.63, 3.8) is 0 Å². The molecule has 2 aromatic rings. The third-order valence-electron chi connectivity index (χ3n) is 3.98. The van der Waals surface area contributed by atoms with Crippen molar-refractivity contribution >= 4 is 22.2 Å². The molecule has 0 saturated carbocycles. The average molecular weight is 283 g/mol. The number of carbonyl (C=O) groups excluding carboxylic acids is 1. The lowest BCUT2D eigenvalue weighted by molar-refractivity contribution is 0.0980. The second kappa shape index (κ2) is 7.82. The van der Waals surface area contributed by atoms with E-state index in [0.717, 1.165) is 23.6 Å². The Hall–Kier alpha value is -1.83. The number of hydrogen-bond donors (Lipinski definition) is 1. The number of nitrogens with two attached hydrogens (primary N) is 1. The third-order valence-corrected chi connectivity index (χ3v) is 3.98. The molecule has 0 heterocycles. The minimum absolute atomic E-state index is 0.175. The van der Waals surface area contributed by atoms with Crippen LogP contribution in [0.3, 0.4) is 0 Å². The van der Waals surface area contributed by atoms with Crippen LogP contribution < -0.4 is 5.73 Å². The number of anilines is 1. The van der Waals surface area contributed by atoms with Gasteiger partial charge in [-0.3, -0.25) is 4.79 Å². The Morgan fingerprint density at radius 2 is 1.57 bits per heavy atom. The molecular formula is C19H25NO. The molecule has 2 heteroatoms. The molecule has 0 unspecified atom stereocenters. The minimum atomic E-state index is 0.175. The fraction of sp³-hybridized carbons (Fsp3) is 0.421. The minimum Gasteiger partial charge on any atom is -0.398 e. The standard InChI is InChI=1S/C19H25NO/c1-2-3-4-5-6-7-12-19(21)17-13-15-10-8-9-11-16(15)14-18(17)20/h8-11,13-14H,2-7,12,20H2,1H3. The van der Waals surface area contributed by atoms with Crippen molar-refractivity contribution in [3.8, 4) is 0 Å². The molecule has 0 aliphatic carbocycles. The third kappa shape index (κ3) is 4.32. The molecule has 2 rings (SSSR count). The second-order valence-corrected chi connectivity index (χ2v) is 5.73. The Labute approximate surface area is 127 Å². The first-order chi connectivity index (χ1) is 10.2. The predicted molar refractivity (Wildman–Crippen MR) is 90.7 cm³/mol. The molecule has 0 radical (unpaired) electrons. The maximum Gasteiger partial charge on any atom is 0.164 e. The molecule has 2 N–H and O–H groups in total. The number of nitrogen functional groups attached to an aromatic ring is 1. The van der Waals surface area contributed by atoms with Gasteiger partial charge < -0.3 is 5.73 Å². The molecule has 21 heavy (non-hydrogen) atoms. The Morgan fingerprint density at radius 3 is 2.29 bits per heavy atom. The molecule has 112 valence electrons.